The highest BCUT2D eigenvalue weighted by Crippen LogP contribution is 2.28. The third kappa shape index (κ3) is 4.48. The lowest BCUT2D eigenvalue weighted by atomic mass is 10.2. The largest absolute Gasteiger partial charge is 0.462 e. The molecule has 1 aromatic heterocycles. The molecule has 0 bridgehead atoms. The molecular formula is C13H16F3NO3. The van der Waals surface area contributed by atoms with Crippen LogP contribution in [0.5, 0.6) is 0 Å². The molecule has 0 aliphatic carbocycles. The number of hydrogen-bond donors (Lipinski definition) is 0. The fraction of sp³-hybridized carbons (Fsp3) is 0.538. The summed E-state index contributed by atoms with van der Waals surface area (Å²) < 4.78 is 47.3. The van der Waals surface area contributed by atoms with Gasteiger partial charge in [0.05, 0.1) is 24.0 Å². The monoisotopic (exact) mass is 291 g/mol. The van der Waals surface area contributed by atoms with Crippen LogP contribution >= 0.6 is 0 Å². The number of ether oxygens (including phenoxy) is 2. The van der Waals surface area contributed by atoms with E-state index in [0.29, 0.717) is 6.42 Å². The third-order valence-corrected chi connectivity index (χ3v) is 2.76. The number of carbonyl (C=O) groups is 1. The van der Waals surface area contributed by atoms with E-state index in [4.69, 9.17) is 9.47 Å². The van der Waals surface area contributed by atoms with Gasteiger partial charge in [0.15, 0.2) is 0 Å². The lowest BCUT2D eigenvalue weighted by molar-refractivity contribution is -0.141. The molecule has 1 aromatic rings. The number of pyridine rings is 1. The lowest BCUT2D eigenvalue weighted by Gasteiger charge is -2.11. The standard InChI is InChI=1S/C13H16F3NO3/c1-8(19-3)6-7-20-12(18)10-4-5-11(13(14,15)16)17-9(10)2/h4-5,8H,6-7H2,1-3H3. The summed E-state index contributed by atoms with van der Waals surface area (Å²) in [5.74, 6) is -0.688. The van der Waals surface area contributed by atoms with Gasteiger partial charge in [-0.25, -0.2) is 9.78 Å². The van der Waals surface area contributed by atoms with Crippen molar-refractivity contribution in [1.82, 2.24) is 4.98 Å². The zero-order valence-electron chi connectivity index (χ0n) is 11.5. The smallest absolute Gasteiger partial charge is 0.433 e. The Labute approximate surface area is 114 Å². The predicted octanol–water partition coefficient (Wildman–Crippen LogP) is 2.99. The zero-order valence-corrected chi connectivity index (χ0v) is 11.5. The summed E-state index contributed by atoms with van der Waals surface area (Å²) in [4.78, 5) is 15.1. The Bertz CT molecular complexity index is 474. The SMILES string of the molecule is COC(C)CCOC(=O)c1ccc(C(F)(F)F)nc1C. The fourth-order valence-electron chi connectivity index (χ4n) is 1.45. The summed E-state index contributed by atoms with van der Waals surface area (Å²) in [6.07, 6.45) is -4.08. The minimum atomic E-state index is -4.53. The highest BCUT2D eigenvalue weighted by atomic mass is 19.4. The average molecular weight is 291 g/mol. The second-order valence-electron chi connectivity index (χ2n) is 4.30. The number of alkyl halides is 3. The van der Waals surface area contributed by atoms with Crippen LogP contribution in [0.4, 0.5) is 13.2 Å². The Morgan fingerprint density at radius 1 is 1.40 bits per heavy atom. The Kier molecular flexibility index (Phi) is 5.50. The Morgan fingerprint density at radius 2 is 2.05 bits per heavy atom. The number of esters is 1. The van der Waals surface area contributed by atoms with E-state index in [0.717, 1.165) is 12.1 Å². The molecule has 112 valence electrons. The molecule has 0 aliphatic rings. The minimum absolute atomic E-state index is 0.00962. The van der Waals surface area contributed by atoms with Crippen LogP contribution in [0.3, 0.4) is 0 Å². The van der Waals surface area contributed by atoms with Crippen molar-refractivity contribution in [2.75, 3.05) is 13.7 Å². The van der Waals surface area contributed by atoms with E-state index in [1.54, 1.807) is 0 Å². The molecule has 7 heteroatoms. The van der Waals surface area contributed by atoms with Crippen molar-refractivity contribution in [2.45, 2.75) is 32.5 Å². The van der Waals surface area contributed by atoms with E-state index < -0.39 is 17.8 Å². The summed E-state index contributed by atoms with van der Waals surface area (Å²) >= 11 is 0. The molecule has 1 heterocycles. The number of nitrogens with zero attached hydrogens (tertiary/aromatic N) is 1. The number of methoxy groups -OCH3 is 1. The Balaban J connectivity index is 2.70. The van der Waals surface area contributed by atoms with Gasteiger partial charge in [0.2, 0.25) is 0 Å². The van der Waals surface area contributed by atoms with Crippen molar-refractivity contribution < 1.29 is 27.4 Å². The zero-order chi connectivity index (χ0) is 15.3. The van der Waals surface area contributed by atoms with Crippen LogP contribution in [0.1, 0.15) is 35.1 Å². The molecule has 0 fully saturated rings. The molecule has 0 aliphatic heterocycles. The first kappa shape index (κ1) is 16.4. The molecule has 1 rings (SSSR count). The average Bonchev–Trinajstić information content (AvgIpc) is 2.37. The molecule has 0 saturated carbocycles. The maximum Gasteiger partial charge on any atom is 0.433 e. The van der Waals surface area contributed by atoms with Crippen molar-refractivity contribution in [3.63, 3.8) is 0 Å². The molecule has 0 spiro atoms. The second kappa shape index (κ2) is 6.69. The topological polar surface area (TPSA) is 48.4 Å². The fourth-order valence-corrected chi connectivity index (χ4v) is 1.45. The second-order valence-corrected chi connectivity index (χ2v) is 4.30. The van der Waals surface area contributed by atoms with Crippen LogP contribution in [0.15, 0.2) is 12.1 Å². The molecule has 20 heavy (non-hydrogen) atoms. The number of rotatable bonds is 5. The number of hydrogen-bond acceptors (Lipinski definition) is 4. The molecule has 0 saturated heterocycles. The van der Waals surface area contributed by atoms with Gasteiger partial charge in [-0.05, 0) is 26.0 Å². The number of aryl methyl sites for hydroxylation is 1. The lowest BCUT2D eigenvalue weighted by Crippen LogP contribution is -2.15. The summed E-state index contributed by atoms with van der Waals surface area (Å²) in [7, 11) is 1.54. The highest BCUT2D eigenvalue weighted by Gasteiger charge is 2.33. The molecule has 0 N–H and O–H groups in total. The number of halogens is 3. The van der Waals surface area contributed by atoms with E-state index >= 15 is 0 Å². The molecule has 0 radical (unpaired) electrons. The van der Waals surface area contributed by atoms with E-state index in [9.17, 15) is 18.0 Å². The van der Waals surface area contributed by atoms with Crippen LogP contribution in [-0.4, -0.2) is 30.8 Å². The molecule has 4 nitrogen and oxygen atoms in total. The van der Waals surface area contributed by atoms with Gasteiger partial charge >= 0.3 is 12.1 Å². The first-order valence-corrected chi connectivity index (χ1v) is 6.00. The van der Waals surface area contributed by atoms with Gasteiger partial charge in [0, 0.05) is 13.5 Å². The molecule has 0 amide bonds. The number of carbonyl (C=O) groups excluding carboxylic acids is 1. The Hall–Kier alpha value is -1.63. The van der Waals surface area contributed by atoms with Crippen LogP contribution in [0.2, 0.25) is 0 Å². The van der Waals surface area contributed by atoms with Crippen LogP contribution < -0.4 is 0 Å². The first-order valence-electron chi connectivity index (χ1n) is 6.00. The van der Waals surface area contributed by atoms with Crippen LogP contribution in [0, 0.1) is 6.92 Å². The van der Waals surface area contributed by atoms with E-state index in [2.05, 4.69) is 4.98 Å². The summed E-state index contributed by atoms with van der Waals surface area (Å²) in [6, 6.07) is 1.84. The van der Waals surface area contributed by atoms with Gasteiger partial charge in [-0.2, -0.15) is 13.2 Å². The van der Waals surface area contributed by atoms with Gasteiger partial charge in [0.1, 0.15) is 5.69 Å². The van der Waals surface area contributed by atoms with Gasteiger partial charge in [-0.15, -0.1) is 0 Å². The third-order valence-electron chi connectivity index (χ3n) is 2.76. The van der Waals surface area contributed by atoms with Crippen molar-refractivity contribution in [2.24, 2.45) is 0 Å². The molecule has 0 aromatic carbocycles. The van der Waals surface area contributed by atoms with Crippen molar-refractivity contribution >= 4 is 5.97 Å². The summed E-state index contributed by atoms with van der Waals surface area (Å²) in [6.45, 7) is 3.29. The minimum Gasteiger partial charge on any atom is -0.462 e. The van der Waals surface area contributed by atoms with E-state index in [1.165, 1.54) is 14.0 Å². The molecule has 1 unspecified atom stereocenters. The maximum atomic E-state index is 12.4. The first-order chi connectivity index (χ1) is 9.25. The predicted molar refractivity (Wildman–Crippen MR) is 65.3 cm³/mol. The van der Waals surface area contributed by atoms with Crippen molar-refractivity contribution in [1.29, 1.82) is 0 Å². The van der Waals surface area contributed by atoms with Crippen LogP contribution in [0.25, 0.3) is 0 Å². The summed E-state index contributed by atoms with van der Waals surface area (Å²) in [5.41, 5.74) is -1.01. The maximum absolute atomic E-state index is 12.4. The van der Waals surface area contributed by atoms with Gasteiger partial charge < -0.3 is 9.47 Å². The van der Waals surface area contributed by atoms with Crippen molar-refractivity contribution in [3.8, 4) is 0 Å². The summed E-state index contributed by atoms with van der Waals surface area (Å²) in [5, 5.41) is 0. The van der Waals surface area contributed by atoms with E-state index in [-0.39, 0.29) is 24.0 Å². The number of aromatic nitrogens is 1. The normalized spacial score (nSPS) is 13.1. The molecular weight excluding hydrogens is 275 g/mol. The van der Waals surface area contributed by atoms with Gasteiger partial charge in [0.25, 0.3) is 0 Å². The molecule has 1 atom stereocenters. The van der Waals surface area contributed by atoms with E-state index in [1.807, 2.05) is 6.92 Å². The van der Waals surface area contributed by atoms with Gasteiger partial charge in [-0.1, -0.05) is 0 Å². The van der Waals surface area contributed by atoms with Crippen molar-refractivity contribution in [3.05, 3.63) is 29.1 Å². The van der Waals surface area contributed by atoms with Crippen LogP contribution in [-0.2, 0) is 15.7 Å². The Morgan fingerprint density at radius 3 is 2.55 bits per heavy atom. The van der Waals surface area contributed by atoms with Gasteiger partial charge in [-0.3, -0.25) is 0 Å². The quantitative estimate of drug-likeness (QED) is 0.782. The highest BCUT2D eigenvalue weighted by molar-refractivity contribution is 5.90.